The summed E-state index contributed by atoms with van der Waals surface area (Å²) < 4.78 is 0. The van der Waals surface area contributed by atoms with Gasteiger partial charge in [-0.1, -0.05) is 25.5 Å². The van der Waals surface area contributed by atoms with Crippen LogP contribution in [-0.4, -0.2) is 28.3 Å². The van der Waals surface area contributed by atoms with Gasteiger partial charge in [0.05, 0.1) is 11.6 Å². The molecule has 1 aliphatic heterocycles. The molecular weight excluding hydrogens is 318 g/mol. The number of carbonyl (C=O) groups is 2. The summed E-state index contributed by atoms with van der Waals surface area (Å²) in [7, 11) is 0. The second-order valence-electron chi connectivity index (χ2n) is 6.51. The van der Waals surface area contributed by atoms with Gasteiger partial charge in [-0.2, -0.15) is 5.26 Å². The molecule has 1 spiro atoms. The van der Waals surface area contributed by atoms with Gasteiger partial charge in [0.15, 0.2) is 5.66 Å². The van der Waals surface area contributed by atoms with Crippen LogP contribution in [0.3, 0.4) is 0 Å². The number of nitrogens with zero attached hydrogens (tertiary/aromatic N) is 3. The summed E-state index contributed by atoms with van der Waals surface area (Å²) in [5, 5.41) is 10.1. The van der Waals surface area contributed by atoms with Crippen molar-refractivity contribution in [3.05, 3.63) is 35.4 Å². The molecule has 1 fully saturated rings. The summed E-state index contributed by atoms with van der Waals surface area (Å²) in [6, 6.07) is 8.79. The standard InChI is InChI=1S/C19H21N3O3/c1-2-6-16(23)25-22-18(24)17(15-9-7-14(13-20)8-10-15)21-19(22)11-4-3-5-12-19/h7-10H,2-6,11-12H2,1H3. The number of hydroxylamine groups is 2. The largest absolute Gasteiger partial charge is 0.335 e. The Kier molecular flexibility index (Phi) is 4.84. The Labute approximate surface area is 147 Å². The van der Waals surface area contributed by atoms with E-state index in [1.165, 1.54) is 5.06 Å². The first-order valence-electron chi connectivity index (χ1n) is 8.75. The maximum Gasteiger partial charge on any atom is 0.332 e. The molecule has 0 atom stereocenters. The van der Waals surface area contributed by atoms with E-state index < -0.39 is 11.6 Å². The van der Waals surface area contributed by atoms with Crippen molar-refractivity contribution in [2.24, 2.45) is 4.99 Å². The van der Waals surface area contributed by atoms with Gasteiger partial charge in [-0.25, -0.2) is 9.79 Å². The van der Waals surface area contributed by atoms with Crippen LogP contribution in [0.25, 0.3) is 0 Å². The molecule has 6 nitrogen and oxygen atoms in total. The Morgan fingerprint density at radius 2 is 1.96 bits per heavy atom. The van der Waals surface area contributed by atoms with Crippen molar-refractivity contribution in [2.45, 2.75) is 57.5 Å². The van der Waals surface area contributed by atoms with Crippen molar-refractivity contribution in [3.63, 3.8) is 0 Å². The highest BCUT2D eigenvalue weighted by Crippen LogP contribution is 2.40. The summed E-state index contributed by atoms with van der Waals surface area (Å²) in [6.45, 7) is 1.89. The summed E-state index contributed by atoms with van der Waals surface area (Å²) in [6.07, 6.45) is 5.30. The molecule has 0 N–H and O–H groups in total. The number of benzene rings is 1. The van der Waals surface area contributed by atoms with E-state index in [9.17, 15) is 9.59 Å². The van der Waals surface area contributed by atoms with E-state index in [-0.39, 0.29) is 12.3 Å². The minimum absolute atomic E-state index is 0.270. The number of hydrogen-bond donors (Lipinski definition) is 0. The third-order valence-corrected chi connectivity index (χ3v) is 4.67. The molecule has 0 saturated heterocycles. The predicted octanol–water partition coefficient (Wildman–Crippen LogP) is 3.11. The Hall–Kier alpha value is -2.68. The Morgan fingerprint density at radius 3 is 2.56 bits per heavy atom. The average molecular weight is 339 g/mol. The molecule has 3 rings (SSSR count). The fourth-order valence-corrected chi connectivity index (χ4v) is 3.39. The third-order valence-electron chi connectivity index (χ3n) is 4.67. The zero-order valence-electron chi connectivity index (χ0n) is 14.3. The lowest BCUT2D eigenvalue weighted by Gasteiger charge is -2.36. The first-order valence-corrected chi connectivity index (χ1v) is 8.75. The van der Waals surface area contributed by atoms with Crippen LogP contribution in [0.4, 0.5) is 0 Å². The zero-order valence-corrected chi connectivity index (χ0v) is 14.3. The molecule has 0 unspecified atom stereocenters. The molecule has 0 radical (unpaired) electrons. The molecule has 1 amide bonds. The fraction of sp³-hybridized carbons (Fsp3) is 0.474. The zero-order chi connectivity index (χ0) is 17.9. The van der Waals surface area contributed by atoms with Crippen LogP contribution in [0.1, 0.15) is 63.0 Å². The van der Waals surface area contributed by atoms with Crippen LogP contribution in [0.15, 0.2) is 29.3 Å². The minimum Gasteiger partial charge on any atom is -0.335 e. The summed E-state index contributed by atoms with van der Waals surface area (Å²) in [5.74, 6) is -0.784. The number of aliphatic imine (C=N–C) groups is 1. The van der Waals surface area contributed by atoms with Gasteiger partial charge in [0.1, 0.15) is 5.71 Å². The minimum atomic E-state index is -0.776. The Bertz CT molecular complexity index is 740. The van der Waals surface area contributed by atoms with Gasteiger partial charge >= 0.3 is 11.9 Å². The first-order chi connectivity index (χ1) is 12.1. The van der Waals surface area contributed by atoms with Gasteiger partial charge in [-0.15, -0.1) is 5.06 Å². The quantitative estimate of drug-likeness (QED) is 0.844. The molecule has 1 heterocycles. The number of nitriles is 1. The van der Waals surface area contributed by atoms with Gasteiger partial charge in [-0.3, -0.25) is 4.79 Å². The smallest absolute Gasteiger partial charge is 0.332 e. The van der Waals surface area contributed by atoms with Crippen molar-refractivity contribution in [1.29, 1.82) is 5.26 Å². The Balaban J connectivity index is 1.93. The molecule has 6 heteroatoms. The van der Waals surface area contributed by atoms with Crippen LogP contribution >= 0.6 is 0 Å². The topological polar surface area (TPSA) is 82.8 Å². The SMILES string of the molecule is CCCC(=O)ON1C(=O)C(c2ccc(C#N)cc2)=NC12CCCCC2. The van der Waals surface area contributed by atoms with Gasteiger partial charge < -0.3 is 4.84 Å². The van der Waals surface area contributed by atoms with E-state index in [4.69, 9.17) is 15.1 Å². The predicted molar refractivity (Wildman–Crippen MR) is 91.4 cm³/mol. The Morgan fingerprint density at radius 1 is 1.28 bits per heavy atom. The van der Waals surface area contributed by atoms with Gasteiger partial charge in [0.25, 0.3) is 0 Å². The van der Waals surface area contributed by atoms with Crippen LogP contribution in [0.2, 0.25) is 0 Å². The van der Waals surface area contributed by atoms with E-state index in [0.29, 0.717) is 36.1 Å². The maximum atomic E-state index is 12.9. The fourth-order valence-electron chi connectivity index (χ4n) is 3.39. The maximum absolute atomic E-state index is 12.9. The van der Waals surface area contributed by atoms with Gasteiger partial charge in [0.2, 0.25) is 0 Å². The van der Waals surface area contributed by atoms with E-state index in [0.717, 1.165) is 19.3 Å². The molecule has 1 aliphatic carbocycles. The van der Waals surface area contributed by atoms with Crippen LogP contribution in [-0.2, 0) is 14.4 Å². The van der Waals surface area contributed by atoms with E-state index in [2.05, 4.69) is 6.07 Å². The number of carbonyl (C=O) groups excluding carboxylic acids is 2. The molecule has 1 aromatic carbocycles. The van der Waals surface area contributed by atoms with E-state index >= 15 is 0 Å². The highest BCUT2D eigenvalue weighted by Gasteiger charge is 2.50. The normalized spacial score (nSPS) is 18.8. The van der Waals surface area contributed by atoms with Crippen molar-refractivity contribution < 1.29 is 14.4 Å². The summed E-state index contributed by atoms with van der Waals surface area (Å²) >= 11 is 0. The monoisotopic (exact) mass is 339 g/mol. The summed E-state index contributed by atoms with van der Waals surface area (Å²) in [4.78, 5) is 35.1. The van der Waals surface area contributed by atoms with Crippen LogP contribution < -0.4 is 0 Å². The second kappa shape index (κ2) is 7.06. The first kappa shape index (κ1) is 17.2. The van der Waals surface area contributed by atoms with E-state index in [1.54, 1.807) is 24.3 Å². The molecule has 2 aliphatic rings. The summed E-state index contributed by atoms with van der Waals surface area (Å²) in [5.41, 5.74) is 0.689. The third kappa shape index (κ3) is 3.27. The number of amides is 1. The van der Waals surface area contributed by atoms with Gasteiger partial charge in [0, 0.05) is 12.0 Å². The van der Waals surface area contributed by atoms with Crippen LogP contribution in [0, 0.1) is 11.3 Å². The van der Waals surface area contributed by atoms with Crippen molar-refractivity contribution in [2.75, 3.05) is 0 Å². The molecule has 1 aromatic rings. The lowest BCUT2D eigenvalue weighted by atomic mass is 9.89. The molecule has 130 valence electrons. The molecule has 0 bridgehead atoms. The lowest BCUT2D eigenvalue weighted by molar-refractivity contribution is -0.218. The molecule has 0 aromatic heterocycles. The van der Waals surface area contributed by atoms with Crippen molar-refractivity contribution in [1.82, 2.24) is 5.06 Å². The molecule has 25 heavy (non-hydrogen) atoms. The average Bonchev–Trinajstić information content (AvgIpc) is 2.88. The van der Waals surface area contributed by atoms with E-state index in [1.807, 2.05) is 6.92 Å². The number of hydrogen-bond acceptors (Lipinski definition) is 5. The molecular formula is C19H21N3O3. The second-order valence-corrected chi connectivity index (χ2v) is 6.51. The van der Waals surface area contributed by atoms with Gasteiger partial charge in [-0.05, 0) is 44.2 Å². The van der Waals surface area contributed by atoms with Crippen molar-refractivity contribution in [3.8, 4) is 6.07 Å². The highest BCUT2D eigenvalue weighted by molar-refractivity contribution is 6.46. The van der Waals surface area contributed by atoms with Crippen LogP contribution in [0.5, 0.6) is 0 Å². The number of rotatable bonds is 4. The molecule has 1 saturated carbocycles. The lowest BCUT2D eigenvalue weighted by Crippen LogP contribution is -2.49. The van der Waals surface area contributed by atoms with Crippen molar-refractivity contribution >= 4 is 17.6 Å². The highest BCUT2D eigenvalue weighted by atomic mass is 16.7.